The van der Waals surface area contributed by atoms with E-state index >= 15 is 0 Å². The smallest absolute Gasteiger partial charge is 0.264 e. The van der Waals surface area contributed by atoms with Crippen LogP contribution in [0.5, 0.6) is 0 Å². The Morgan fingerprint density at radius 2 is 2.04 bits per heavy atom. The molecular weight excluding hydrogens is 327 g/mol. The van der Waals surface area contributed by atoms with Crippen LogP contribution in [0.2, 0.25) is 0 Å². The van der Waals surface area contributed by atoms with E-state index < -0.39 is 0 Å². The van der Waals surface area contributed by atoms with E-state index in [0.717, 1.165) is 49.5 Å². The maximum atomic E-state index is 13.3. The molecule has 2 aromatic rings. The van der Waals surface area contributed by atoms with Crippen LogP contribution < -0.4 is 0 Å². The number of carbonyl (C=O) groups is 1. The van der Waals surface area contributed by atoms with Crippen LogP contribution in [-0.4, -0.2) is 61.1 Å². The maximum absolute atomic E-state index is 13.3. The number of hydrogen-bond acceptors (Lipinski definition) is 4. The third kappa shape index (κ3) is 2.94. The predicted molar refractivity (Wildman–Crippen MR) is 93.0 cm³/mol. The van der Waals surface area contributed by atoms with Crippen LogP contribution in [-0.2, 0) is 4.74 Å². The predicted octanol–water partition coefficient (Wildman–Crippen LogP) is 2.83. The van der Waals surface area contributed by atoms with Gasteiger partial charge in [0.1, 0.15) is 5.82 Å². The lowest BCUT2D eigenvalue weighted by molar-refractivity contribution is 0.0119. The summed E-state index contributed by atoms with van der Waals surface area (Å²) >= 11 is 1.45. The number of nitrogens with zero attached hydrogens (tertiary/aromatic N) is 2. The normalized spacial score (nSPS) is 25.5. The molecule has 0 bridgehead atoms. The quantitative estimate of drug-likeness (QED) is 0.837. The van der Waals surface area contributed by atoms with Crippen LogP contribution in [0, 0.1) is 11.7 Å². The monoisotopic (exact) mass is 348 g/mol. The van der Waals surface area contributed by atoms with Crippen LogP contribution in [0.15, 0.2) is 24.3 Å². The van der Waals surface area contributed by atoms with Crippen molar-refractivity contribution < 1.29 is 13.9 Å². The first kappa shape index (κ1) is 16.0. The number of benzene rings is 1. The van der Waals surface area contributed by atoms with Gasteiger partial charge in [0.05, 0.1) is 18.1 Å². The second-order valence-electron chi connectivity index (χ2n) is 6.70. The van der Waals surface area contributed by atoms with Gasteiger partial charge in [0, 0.05) is 36.9 Å². The van der Waals surface area contributed by atoms with E-state index in [0.29, 0.717) is 16.8 Å². The molecule has 0 N–H and O–H groups in total. The second kappa shape index (κ2) is 6.43. The molecule has 4 nitrogen and oxygen atoms in total. The molecule has 1 amide bonds. The van der Waals surface area contributed by atoms with Gasteiger partial charge in [-0.05, 0) is 35.6 Å². The van der Waals surface area contributed by atoms with Gasteiger partial charge in [-0.2, -0.15) is 0 Å². The average molecular weight is 348 g/mol. The molecule has 3 heterocycles. The summed E-state index contributed by atoms with van der Waals surface area (Å²) < 4.78 is 19.7. The highest BCUT2D eigenvalue weighted by Gasteiger charge is 2.37. The molecule has 1 aromatic heterocycles. The topological polar surface area (TPSA) is 32.8 Å². The van der Waals surface area contributed by atoms with Gasteiger partial charge in [-0.15, -0.1) is 11.3 Å². The van der Waals surface area contributed by atoms with Crippen molar-refractivity contribution in [2.75, 3.05) is 39.4 Å². The largest absolute Gasteiger partial charge is 0.379 e. The molecule has 128 valence electrons. The number of hydrogen-bond donors (Lipinski definition) is 0. The fraction of sp³-hybridized carbons (Fsp3) is 0.500. The summed E-state index contributed by atoms with van der Waals surface area (Å²) in [4.78, 5) is 18.0. The van der Waals surface area contributed by atoms with E-state index in [-0.39, 0.29) is 11.7 Å². The van der Waals surface area contributed by atoms with Crippen LogP contribution in [0.1, 0.15) is 16.6 Å². The van der Waals surface area contributed by atoms with Gasteiger partial charge in [-0.25, -0.2) is 4.39 Å². The first-order valence-corrected chi connectivity index (χ1v) is 9.23. The van der Waals surface area contributed by atoms with Crippen molar-refractivity contribution in [2.45, 2.75) is 13.0 Å². The molecule has 2 aliphatic heterocycles. The number of halogens is 1. The summed E-state index contributed by atoms with van der Waals surface area (Å²) in [5.41, 5.74) is 0. The molecule has 24 heavy (non-hydrogen) atoms. The van der Waals surface area contributed by atoms with Gasteiger partial charge in [0.15, 0.2) is 0 Å². The number of fused-ring (bicyclic) bond motifs is 1. The molecule has 0 aliphatic carbocycles. The zero-order valence-electron chi connectivity index (χ0n) is 13.7. The number of rotatable bonds is 2. The zero-order valence-corrected chi connectivity index (χ0v) is 14.5. The molecular formula is C18H21FN2O2S. The standard InChI is InChI=1S/C18H21FN2O2S/c1-12-10-21(11-15(12)20-4-6-23-7-5-20)18(22)17-9-13-8-14(19)2-3-16(13)24-17/h2-3,8-9,12,15H,4-7,10-11H2,1H3/t12-,15+/m0/s1. The van der Waals surface area contributed by atoms with Crippen molar-refractivity contribution in [1.82, 2.24) is 9.80 Å². The lowest BCUT2D eigenvalue weighted by Crippen LogP contribution is -2.47. The summed E-state index contributed by atoms with van der Waals surface area (Å²) in [5.74, 6) is 0.263. The minimum atomic E-state index is -0.263. The third-order valence-electron chi connectivity index (χ3n) is 5.06. The van der Waals surface area contributed by atoms with Gasteiger partial charge in [-0.3, -0.25) is 9.69 Å². The first-order valence-electron chi connectivity index (χ1n) is 8.42. The minimum Gasteiger partial charge on any atom is -0.379 e. The number of thiophene rings is 1. The van der Waals surface area contributed by atoms with E-state index in [9.17, 15) is 9.18 Å². The van der Waals surface area contributed by atoms with Crippen molar-refractivity contribution in [3.8, 4) is 0 Å². The lowest BCUT2D eigenvalue weighted by Gasteiger charge is -2.33. The Morgan fingerprint density at radius 1 is 1.25 bits per heavy atom. The van der Waals surface area contributed by atoms with Gasteiger partial charge >= 0.3 is 0 Å². The maximum Gasteiger partial charge on any atom is 0.264 e. The SMILES string of the molecule is C[C@H]1CN(C(=O)c2cc3cc(F)ccc3s2)C[C@H]1N1CCOCC1. The first-order chi connectivity index (χ1) is 11.6. The number of likely N-dealkylation sites (tertiary alicyclic amines) is 1. The van der Waals surface area contributed by atoms with Crippen LogP contribution >= 0.6 is 11.3 Å². The highest BCUT2D eigenvalue weighted by atomic mass is 32.1. The van der Waals surface area contributed by atoms with Crippen LogP contribution in [0.25, 0.3) is 10.1 Å². The number of amides is 1. The number of carbonyl (C=O) groups excluding carboxylic acids is 1. The summed E-state index contributed by atoms with van der Waals surface area (Å²) in [7, 11) is 0. The Labute approximate surface area is 144 Å². The Balaban J connectivity index is 1.51. The Hall–Kier alpha value is -1.50. The minimum absolute atomic E-state index is 0.0687. The van der Waals surface area contributed by atoms with Crippen molar-refractivity contribution >= 4 is 27.3 Å². The summed E-state index contributed by atoms with van der Waals surface area (Å²) in [6.45, 7) is 7.20. The molecule has 4 rings (SSSR count). The van der Waals surface area contributed by atoms with Crippen molar-refractivity contribution in [2.24, 2.45) is 5.92 Å². The lowest BCUT2D eigenvalue weighted by atomic mass is 10.0. The van der Waals surface area contributed by atoms with E-state index in [4.69, 9.17) is 4.74 Å². The average Bonchev–Trinajstić information content (AvgIpc) is 3.18. The number of morpholine rings is 1. The summed E-state index contributed by atoms with van der Waals surface area (Å²) in [6, 6.07) is 6.91. The Bertz CT molecular complexity index is 757. The van der Waals surface area contributed by atoms with Crippen molar-refractivity contribution in [3.63, 3.8) is 0 Å². The molecule has 1 aromatic carbocycles. The molecule has 6 heteroatoms. The van der Waals surface area contributed by atoms with Gasteiger partial charge < -0.3 is 9.64 Å². The van der Waals surface area contributed by atoms with Gasteiger partial charge in [0.25, 0.3) is 5.91 Å². The molecule has 2 aliphatic rings. The molecule has 0 radical (unpaired) electrons. The zero-order chi connectivity index (χ0) is 16.7. The molecule has 0 saturated carbocycles. The molecule has 0 spiro atoms. The summed E-state index contributed by atoms with van der Waals surface area (Å²) in [5, 5.41) is 0.806. The molecule has 0 unspecified atom stereocenters. The highest BCUT2D eigenvalue weighted by Crippen LogP contribution is 2.30. The van der Waals surface area contributed by atoms with Gasteiger partial charge in [0.2, 0.25) is 0 Å². The van der Waals surface area contributed by atoms with Gasteiger partial charge in [-0.1, -0.05) is 6.92 Å². The fourth-order valence-corrected chi connectivity index (χ4v) is 4.79. The van der Waals surface area contributed by atoms with Crippen LogP contribution in [0.4, 0.5) is 4.39 Å². The second-order valence-corrected chi connectivity index (χ2v) is 7.78. The fourth-order valence-electron chi connectivity index (χ4n) is 3.78. The molecule has 2 saturated heterocycles. The number of ether oxygens (including phenoxy) is 1. The van der Waals surface area contributed by atoms with Crippen molar-refractivity contribution in [1.29, 1.82) is 0 Å². The Morgan fingerprint density at radius 3 is 2.83 bits per heavy atom. The highest BCUT2D eigenvalue weighted by molar-refractivity contribution is 7.20. The summed E-state index contributed by atoms with van der Waals surface area (Å²) in [6.07, 6.45) is 0. The van der Waals surface area contributed by atoms with Crippen LogP contribution in [0.3, 0.4) is 0 Å². The Kier molecular flexibility index (Phi) is 4.28. The van der Waals surface area contributed by atoms with E-state index in [1.807, 2.05) is 11.0 Å². The third-order valence-corrected chi connectivity index (χ3v) is 6.17. The van der Waals surface area contributed by atoms with Crippen molar-refractivity contribution in [3.05, 3.63) is 35.0 Å². The molecule has 2 atom stereocenters. The van der Waals surface area contributed by atoms with E-state index in [1.165, 1.54) is 23.5 Å². The molecule has 2 fully saturated rings. The van der Waals surface area contributed by atoms with E-state index in [1.54, 1.807) is 6.07 Å². The van der Waals surface area contributed by atoms with E-state index in [2.05, 4.69) is 11.8 Å².